The van der Waals surface area contributed by atoms with Gasteiger partial charge in [0.1, 0.15) is 11.6 Å². The molecule has 0 saturated heterocycles. The summed E-state index contributed by atoms with van der Waals surface area (Å²) >= 11 is 6.50. The fraction of sp³-hybridized carbons (Fsp3) is 0.269. The van der Waals surface area contributed by atoms with Crippen molar-refractivity contribution in [2.24, 2.45) is 5.92 Å². The number of nitrogens with zero attached hydrogens (tertiary/aromatic N) is 1. The fourth-order valence-electron chi connectivity index (χ4n) is 4.16. The number of aromatic nitrogens is 2. The van der Waals surface area contributed by atoms with Crippen LogP contribution in [0.2, 0.25) is 5.02 Å². The normalized spacial score (nSPS) is 15.0. The van der Waals surface area contributed by atoms with E-state index in [1.54, 1.807) is 42.5 Å². The molecule has 1 aliphatic rings. The molecular weight excluding hydrogens is 494 g/mol. The lowest BCUT2D eigenvalue weighted by molar-refractivity contribution is -0.0494. The van der Waals surface area contributed by atoms with Crippen LogP contribution in [0, 0.1) is 5.92 Å². The van der Waals surface area contributed by atoms with E-state index >= 15 is 0 Å². The third kappa shape index (κ3) is 5.04. The van der Waals surface area contributed by atoms with Gasteiger partial charge in [-0.3, -0.25) is 0 Å². The second-order valence-corrected chi connectivity index (χ2v) is 11.3. The van der Waals surface area contributed by atoms with Gasteiger partial charge in [-0.1, -0.05) is 48.9 Å². The number of sulfone groups is 1. The number of alkyl halides is 2. The molecule has 0 amide bonds. The number of para-hydroxylation sites is 1. The van der Waals surface area contributed by atoms with Crippen LogP contribution in [0.4, 0.5) is 8.78 Å². The Morgan fingerprint density at radius 2 is 1.80 bits per heavy atom. The minimum atomic E-state index is -3.27. The summed E-state index contributed by atoms with van der Waals surface area (Å²) in [5, 5.41) is 0.371. The first-order chi connectivity index (χ1) is 16.7. The molecule has 0 radical (unpaired) electrons. The van der Waals surface area contributed by atoms with Crippen molar-refractivity contribution in [3.8, 4) is 16.9 Å². The molecule has 1 aliphatic carbocycles. The van der Waals surface area contributed by atoms with Gasteiger partial charge in [0.15, 0.2) is 9.84 Å². The van der Waals surface area contributed by atoms with E-state index in [0.717, 1.165) is 18.4 Å². The van der Waals surface area contributed by atoms with Gasteiger partial charge in [-0.05, 0) is 54.7 Å². The molecule has 182 valence electrons. The Morgan fingerprint density at radius 3 is 2.49 bits per heavy atom. The van der Waals surface area contributed by atoms with Crippen LogP contribution in [0.15, 0.2) is 65.6 Å². The van der Waals surface area contributed by atoms with Crippen LogP contribution >= 0.6 is 11.6 Å². The Kier molecular flexibility index (Phi) is 6.27. The largest absolute Gasteiger partial charge is 0.434 e. The SMILES string of the molecule is CC(c1ccc(S(=O)(=O)CC2CC2)cc1)c1nc2cc(-c3ccccc3OC(F)F)c(Cl)cc2[nH]1. The molecule has 5 nitrogen and oxygen atoms in total. The molecule has 3 aromatic carbocycles. The van der Waals surface area contributed by atoms with Crippen LogP contribution in [0.5, 0.6) is 5.75 Å². The van der Waals surface area contributed by atoms with Crippen LogP contribution in [-0.4, -0.2) is 30.8 Å². The predicted molar refractivity (Wildman–Crippen MR) is 132 cm³/mol. The zero-order valence-corrected chi connectivity index (χ0v) is 20.4. The lowest BCUT2D eigenvalue weighted by atomic mass is 10.0. The van der Waals surface area contributed by atoms with Gasteiger partial charge in [0.2, 0.25) is 0 Å². The van der Waals surface area contributed by atoms with Gasteiger partial charge >= 0.3 is 6.61 Å². The molecule has 5 rings (SSSR count). The number of rotatable bonds is 8. The Hall–Kier alpha value is -2.97. The number of hydrogen-bond acceptors (Lipinski definition) is 4. The van der Waals surface area contributed by atoms with E-state index in [1.165, 1.54) is 6.07 Å². The number of halogens is 3. The number of nitrogens with one attached hydrogen (secondary N) is 1. The summed E-state index contributed by atoms with van der Waals surface area (Å²) in [4.78, 5) is 8.32. The molecule has 1 saturated carbocycles. The molecule has 0 bridgehead atoms. The van der Waals surface area contributed by atoms with Gasteiger partial charge in [-0.2, -0.15) is 8.78 Å². The van der Waals surface area contributed by atoms with E-state index in [9.17, 15) is 17.2 Å². The van der Waals surface area contributed by atoms with Crippen molar-refractivity contribution in [2.75, 3.05) is 5.75 Å². The summed E-state index contributed by atoms with van der Waals surface area (Å²) < 4.78 is 55.5. The molecule has 4 aromatic rings. The van der Waals surface area contributed by atoms with Crippen LogP contribution in [0.25, 0.3) is 22.2 Å². The van der Waals surface area contributed by atoms with Gasteiger partial charge in [-0.25, -0.2) is 13.4 Å². The summed E-state index contributed by atoms with van der Waals surface area (Å²) in [7, 11) is -3.27. The maximum atomic E-state index is 12.9. The van der Waals surface area contributed by atoms with Crippen molar-refractivity contribution in [1.82, 2.24) is 9.97 Å². The molecule has 35 heavy (non-hydrogen) atoms. The molecule has 1 aromatic heterocycles. The fourth-order valence-corrected chi connectivity index (χ4v) is 6.12. The lowest BCUT2D eigenvalue weighted by Crippen LogP contribution is -2.08. The van der Waals surface area contributed by atoms with E-state index in [-0.39, 0.29) is 17.4 Å². The standard InChI is InChI=1S/C26H23ClF2N2O3S/c1-15(17-8-10-18(11-9-17)35(32,33)14-16-6-7-16)25-30-22-12-20(21(27)13-23(22)31-25)19-4-2-3-5-24(19)34-26(28)29/h2-5,8-13,15-16,26H,6-7,14H2,1H3,(H,30,31). The van der Waals surface area contributed by atoms with Crippen molar-refractivity contribution in [2.45, 2.75) is 37.2 Å². The van der Waals surface area contributed by atoms with Crippen molar-refractivity contribution < 1.29 is 21.9 Å². The highest BCUT2D eigenvalue weighted by atomic mass is 35.5. The molecular formula is C26H23ClF2N2O3S. The average molecular weight is 517 g/mol. The van der Waals surface area contributed by atoms with Crippen molar-refractivity contribution in [1.29, 1.82) is 0 Å². The van der Waals surface area contributed by atoms with E-state index in [1.807, 2.05) is 19.1 Å². The zero-order valence-electron chi connectivity index (χ0n) is 18.8. The van der Waals surface area contributed by atoms with Crippen molar-refractivity contribution >= 4 is 32.5 Å². The van der Waals surface area contributed by atoms with E-state index in [4.69, 9.17) is 16.6 Å². The van der Waals surface area contributed by atoms with Gasteiger partial charge < -0.3 is 9.72 Å². The molecule has 1 unspecified atom stereocenters. The first kappa shape index (κ1) is 23.8. The molecule has 0 aliphatic heterocycles. The van der Waals surface area contributed by atoms with Crippen LogP contribution in [-0.2, 0) is 9.84 Å². The topological polar surface area (TPSA) is 72.1 Å². The second kappa shape index (κ2) is 9.24. The number of aromatic amines is 1. The summed E-state index contributed by atoms with van der Waals surface area (Å²) in [5.74, 6) is 1.07. The maximum Gasteiger partial charge on any atom is 0.387 e. The van der Waals surface area contributed by atoms with E-state index in [2.05, 4.69) is 9.72 Å². The Balaban J connectivity index is 1.44. The van der Waals surface area contributed by atoms with Crippen LogP contribution in [0.3, 0.4) is 0 Å². The Labute approximate surface area is 207 Å². The molecule has 1 N–H and O–H groups in total. The second-order valence-electron chi connectivity index (χ2n) is 8.86. The zero-order chi connectivity index (χ0) is 24.7. The number of imidazole rings is 1. The minimum absolute atomic E-state index is 0.0320. The number of H-pyrrole nitrogens is 1. The predicted octanol–water partition coefficient (Wildman–Crippen LogP) is 6.82. The summed E-state index contributed by atoms with van der Waals surface area (Å²) in [6.45, 7) is -0.980. The quantitative estimate of drug-likeness (QED) is 0.279. The van der Waals surface area contributed by atoms with E-state index in [0.29, 0.717) is 43.8 Å². The van der Waals surface area contributed by atoms with Gasteiger partial charge in [0.05, 0.1) is 26.7 Å². The third-order valence-electron chi connectivity index (χ3n) is 6.28. The molecule has 1 heterocycles. The van der Waals surface area contributed by atoms with Gasteiger partial charge in [0.25, 0.3) is 0 Å². The number of ether oxygens (including phenoxy) is 1. The average Bonchev–Trinajstić information content (AvgIpc) is 3.53. The van der Waals surface area contributed by atoms with Gasteiger partial charge in [0, 0.05) is 17.0 Å². The van der Waals surface area contributed by atoms with Crippen molar-refractivity contribution in [3.05, 3.63) is 77.1 Å². The number of fused-ring (bicyclic) bond motifs is 1. The van der Waals surface area contributed by atoms with Crippen LogP contribution < -0.4 is 4.74 Å². The Bertz CT molecular complexity index is 1480. The molecule has 1 fully saturated rings. The van der Waals surface area contributed by atoms with E-state index < -0.39 is 16.4 Å². The molecule has 0 spiro atoms. The molecule has 1 atom stereocenters. The van der Waals surface area contributed by atoms with Gasteiger partial charge in [-0.15, -0.1) is 0 Å². The molecule has 9 heteroatoms. The smallest absolute Gasteiger partial charge is 0.387 e. The monoisotopic (exact) mass is 516 g/mol. The highest BCUT2D eigenvalue weighted by Gasteiger charge is 2.29. The number of hydrogen-bond donors (Lipinski definition) is 1. The third-order valence-corrected chi connectivity index (χ3v) is 8.50. The van der Waals surface area contributed by atoms with Crippen LogP contribution in [0.1, 0.15) is 37.1 Å². The lowest BCUT2D eigenvalue weighted by Gasteiger charge is -2.11. The summed E-state index contributed by atoms with van der Waals surface area (Å²) in [5.41, 5.74) is 3.22. The highest BCUT2D eigenvalue weighted by Crippen LogP contribution is 2.38. The Morgan fingerprint density at radius 1 is 1.09 bits per heavy atom. The van der Waals surface area contributed by atoms with Crippen molar-refractivity contribution in [3.63, 3.8) is 0 Å². The highest BCUT2D eigenvalue weighted by molar-refractivity contribution is 7.91. The maximum absolute atomic E-state index is 12.9. The summed E-state index contributed by atoms with van der Waals surface area (Å²) in [6, 6.07) is 16.9. The first-order valence-corrected chi connectivity index (χ1v) is 13.3. The minimum Gasteiger partial charge on any atom is -0.434 e. The number of benzene rings is 3. The summed E-state index contributed by atoms with van der Waals surface area (Å²) in [6.07, 6.45) is 1.97. The first-order valence-electron chi connectivity index (χ1n) is 11.3.